The largest absolute Gasteiger partial charge is 0.460 e. The maximum Gasteiger partial charge on any atom is 0.256 e. The van der Waals surface area contributed by atoms with E-state index in [1.807, 2.05) is 0 Å². The molecule has 0 aromatic heterocycles. The number of ether oxygens (including phenoxy) is 1. The van der Waals surface area contributed by atoms with Crippen molar-refractivity contribution < 1.29 is 9.53 Å². The van der Waals surface area contributed by atoms with Crippen LogP contribution >= 0.6 is 34.8 Å². The summed E-state index contributed by atoms with van der Waals surface area (Å²) in [7, 11) is 0. The van der Waals surface area contributed by atoms with Crippen molar-refractivity contribution in [2.45, 2.75) is 5.02 Å². The van der Waals surface area contributed by atoms with Crippen LogP contribution in [0.1, 0.15) is 10.4 Å². The topological polar surface area (TPSA) is 26.3 Å². The predicted octanol–water partition coefficient (Wildman–Crippen LogP) is 3.21. The van der Waals surface area contributed by atoms with Crippen molar-refractivity contribution in [1.29, 1.82) is 0 Å². The minimum atomic E-state index is -1.02. The van der Waals surface area contributed by atoms with E-state index >= 15 is 0 Å². The lowest BCUT2D eigenvalue weighted by molar-refractivity contribution is 0.107. The first-order valence-corrected chi connectivity index (χ1v) is 4.60. The van der Waals surface area contributed by atoms with Gasteiger partial charge in [0.05, 0.1) is 5.56 Å². The second-order valence-corrected chi connectivity index (χ2v) is 3.51. The molecule has 0 atom stereocenters. The summed E-state index contributed by atoms with van der Waals surface area (Å²) in [5, 5.41) is -1.62. The normalized spacial score (nSPS) is 10.2. The van der Waals surface area contributed by atoms with Crippen LogP contribution in [-0.2, 0) is 0 Å². The molecule has 13 heavy (non-hydrogen) atoms. The second-order valence-electron chi connectivity index (χ2n) is 2.15. The summed E-state index contributed by atoms with van der Waals surface area (Å²) < 4.78 is 4.93. The SMILES string of the molecule is O=C(Cl)c1ccccc1OC(Cl)Cl. The molecule has 70 valence electrons. The molecule has 0 fully saturated rings. The zero-order chi connectivity index (χ0) is 9.84. The van der Waals surface area contributed by atoms with Gasteiger partial charge in [0.2, 0.25) is 5.02 Å². The fraction of sp³-hybridized carbons (Fsp3) is 0.125. The number of alkyl halides is 2. The number of para-hydroxylation sites is 1. The first kappa shape index (κ1) is 10.6. The van der Waals surface area contributed by atoms with Crippen LogP contribution in [0, 0.1) is 0 Å². The Labute approximate surface area is 90.3 Å². The van der Waals surface area contributed by atoms with Crippen molar-refractivity contribution in [3.05, 3.63) is 29.8 Å². The monoisotopic (exact) mass is 238 g/mol. The van der Waals surface area contributed by atoms with E-state index in [1.165, 1.54) is 6.07 Å². The van der Waals surface area contributed by atoms with Gasteiger partial charge < -0.3 is 4.74 Å². The highest BCUT2D eigenvalue weighted by Gasteiger charge is 2.11. The zero-order valence-electron chi connectivity index (χ0n) is 6.34. The molecule has 2 nitrogen and oxygen atoms in total. The maximum absolute atomic E-state index is 10.8. The lowest BCUT2D eigenvalue weighted by Crippen LogP contribution is -2.03. The van der Waals surface area contributed by atoms with Gasteiger partial charge >= 0.3 is 0 Å². The molecule has 1 aromatic rings. The molecule has 0 aliphatic carbocycles. The third-order valence-electron chi connectivity index (χ3n) is 1.31. The summed E-state index contributed by atoms with van der Waals surface area (Å²) in [5.74, 6) is 0.275. The summed E-state index contributed by atoms with van der Waals surface area (Å²) in [6.07, 6.45) is 0. The number of rotatable bonds is 3. The number of carbonyl (C=O) groups excluding carboxylic acids is 1. The van der Waals surface area contributed by atoms with E-state index in [4.69, 9.17) is 39.5 Å². The molecule has 0 saturated heterocycles. The van der Waals surface area contributed by atoms with Gasteiger partial charge in [0.15, 0.2) is 0 Å². The molecule has 0 bridgehead atoms. The van der Waals surface area contributed by atoms with Gasteiger partial charge in [0.25, 0.3) is 5.24 Å². The number of halogens is 3. The first-order valence-electron chi connectivity index (χ1n) is 3.35. The van der Waals surface area contributed by atoms with Crippen molar-refractivity contribution in [2.75, 3.05) is 0 Å². The molecule has 0 saturated carbocycles. The lowest BCUT2D eigenvalue weighted by Gasteiger charge is -2.08. The second kappa shape index (κ2) is 4.70. The van der Waals surface area contributed by atoms with Gasteiger partial charge in [-0.2, -0.15) is 0 Å². The molecule has 0 aliphatic heterocycles. The molecule has 0 unspecified atom stereocenters. The Hall–Kier alpha value is -0.440. The van der Waals surface area contributed by atoms with Crippen molar-refractivity contribution in [3.8, 4) is 5.75 Å². The van der Waals surface area contributed by atoms with Crippen LogP contribution in [0.5, 0.6) is 5.75 Å². The van der Waals surface area contributed by atoms with Crippen molar-refractivity contribution in [1.82, 2.24) is 0 Å². The van der Waals surface area contributed by atoms with E-state index < -0.39 is 10.3 Å². The smallest absolute Gasteiger partial charge is 0.256 e. The molecular weight excluding hydrogens is 234 g/mol. The molecule has 1 aromatic carbocycles. The standard InChI is InChI=1S/C8H5Cl3O2/c9-7(12)5-3-1-2-4-6(5)13-8(10)11/h1-4,8H. The van der Waals surface area contributed by atoms with Gasteiger partial charge in [0, 0.05) is 0 Å². The van der Waals surface area contributed by atoms with Crippen LogP contribution in [-0.4, -0.2) is 10.3 Å². The molecule has 0 spiro atoms. The third kappa shape index (κ3) is 3.07. The number of carbonyl (C=O) groups is 1. The van der Waals surface area contributed by atoms with Gasteiger partial charge in [-0.1, -0.05) is 35.3 Å². The quantitative estimate of drug-likeness (QED) is 0.598. The Morgan fingerprint density at radius 2 is 1.92 bits per heavy atom. The Bertz CT molecular complexity index is 312. The molecule has 0 aliphatic rings. The average Bonchev–Trinajstić information content (AvgIpc) is 2.03. The molecular formula is C8H5Cl3O2. The number of benzene rings is 1. The summed E-state index contributed by atoms with van der Waals surface area (Å²) >= 11 is 16.0. The molecule has 0 heterocycles. The van der Waals surface area contributed by atoms with Crippen LogP contribution < -0.4 is 4.74 Å². The van der Waals surface area contributed by atoms with E-state index in [0.29, 0.717) is 0 Å². The Morgan fingerprint density at radius 3 is 2.46 bits per heavy atom. The van der Waals surface area contributed by atoms with Crippen molar-refractivity contribution in [3.63, 3.8) is 0 Å². The Balaban J connectivity index is 2.98. The van der Waals surface area contributed by atoms with Crippen LogP contribution in [0.3, 0.4) is 0 Å². The van der Waals surface area contributed by atoms with Gasteiger partial charge in [-0.05, 0) is 23.7 Å². The summed E-state index contributed by atoms with van der Waals surface area (Å²) in [6, 6.07) is 6.45. The maximum atomic E-state index is 10.8. The number of hydrogen-bond donors (Lipinski definition) is 0. The number of hydrogen-bond acceptors (Lipinski definition) is 2. The molecule has 1 rings (SSSR count). The van der Waals surface area contributed by atoms with E-state index in [9.17, 15) is 4.79 Å². The highest BCUT2D eigenvalue weighted by molar-refractivity contribution is 6.68. The minimum absolute atomic E-state index is 0.246. The van der Waals surface area contributed by atoms with E-state index in [0.717, 1.165) is 0 Å². The van der Waals surface area contributed by atoms with E-state index in [2.05, 4.69) is 0 Å². The summed E-state index contributed by atoms with van der Waals surface area (Å²) in [4.78, 5) is 10.8. The minimum Gasteiger partial charge on any atom is -0.460 e. The third-order valence-corrected chi connectivity index (χ3v) is 1.70. The van der Waals surface area contributed by atoms with Gasteiger partial charge in [-0.3, -0.25) is 4.79 Å². The Kier molecular flexibility index (Phi) is 3.85. The highest BCUT2D eigenvalue weighted by Crippen LogP contribution is 2.22. The van der Waals surface area contributed by atoms with Crippen LogP contribution in [0.4, 0.5) is 0 Å². The fourth-order valence-corrected chi connectivity index (χ4v) is 1.18. The van der Waals surface area contributed by atoms with E-state index in [-0.39, 0.29) is 11.3 Å². The van der Waals surface area contributed by atoms with Crippen LogP contribution in [0.25, 0.3) is 0 Å². The highest BCUT2D eigenvalue weighted by atomic mass is 35.5. The molecule has 0 amide bonds. The molecule has 0 radical (unpaired) electrons. The van der Waals surface area contributed by atoms with Crippen LogP contribution in [0.15, 0.2) is 24.3 Å². The van der Waals surface area contributed by atoms with Crippen molar-refractivity contribution in [2.24, 2.45) is 0 Å². The Morgan fingerprint density at radius 1 is 1.31 bits per heavy atom. The van der Waals surface area contributed by atoms with E-state index in [1.54, 1.807) is 18.2 Å². The molecule has 0 N–H and O–H groups in total. The van der Waals surface area contributed by atoms with Gasteiger partial charge in [-0.25, -0.2) is 0 Å². The zero-order valence-corrected chi connectivity index (χ0v) is 8.60. The van der Waals surface area contributed by atoms with Gasteiger partial charge in [-0.15, -0.1) is 0 Å². The van der Waals surface area contributed by atoms with Crippen molar-refractivity contribution >= 4 is 40.0 Å². The van der Waals surface area contributed by atoms with Crippen LogP contribution in [0.2, 0.25) is 0 Å². The summed E-state index contributed by atoms with van der Waals surface area (Å²) in [5.41, 5.74) is 0.246. The summed E-state index contributed by atoms with van der Waals surface area (Å²) in [6.45, 7) is 0. The average molecular weight is 239 g/mol. The first-order chi connectivity index (χ1) is 6.11. The lowest BCUT2D eigenvalue weighted by atomic mass is 10.2. The fourth-order valence-electron chi connectivity index (χ4n) is 0.828. The van der Waals surface area contributed by atoms with Gasteiger partial charge in [0.1, 0.15) is 5.75 Å². The predicted molar refractivity (Wildman–Crippen MR) is 52.7 cm³/mol. The molecule has 5 heteroatoms.